The van der Waals surface area contributed by atoms with Gasteiger partial charge in [0.2, 0.25) is 0 Å². The van der Waals surface area contributed by atoms with Gasteiger partial charge in [-0.25, -0.2) is 4.39 Å². The molecule has 100 valence electrons. The Labute approximate surface area is 106 Å². The second-order valence-corrected chi connectivity index (χ2v) is 4.89. The lowest BCUT2D eigenvalue weighted by Gasteiger charge is -2.32. The van der Waals surface area contributed by atoms with Crippen LogP contribution >= 0.6 is 0 Å². The van der Waals surface area contributed by atoms with Gasteiger partial charge in [0.25, 0.3) is 0 Å². The Bertz CT molecular complexity index is 408. The first-order valence-electron chi connectivity index (χ1n) is 6.36. The highest BCUT2D eigenvalue weighted by Gasteiger charge is 2.29. The normalized spacial score (nSPS) is 21.9. The summed E-state index contributed by atoms with van der Waals surface area (Å²) in [5.41, 5.74) is 0.884. The Morgan fingerprint density at radius 3 is 3.00 bits per heavy atom. The summed E-state index contributed by atoms with van der Waals surface area (Å²) in [5, 5.41) is 18.7. The second-order valence-electron chi connectivity index (χ2n) is 4.89. The van der Waals surface area contributed by atoms with Crippen molar-refractivity contribution in [3.63, 3.8) is 0 Å². The van der Waals surface area contributed by atoms with Crippen molar-refractivity contribution in [2.75, 3.05) is 6.61 Å². The van der Waals surface area contributed by atoms with Gasteiger partial charge >= 0.3 is 0 Å². The van der Waals surface area contributed by atoms with Crippen molar-refractivity contribution in [2.45, 2.75) is 38.4 Å². The quantitative estimate of drug-likeness (QED) is 0.862. The fourth-order valence-corrected chi connectivity index (χ4v) is 2.39. The molecule has 0 saturated heterocycles. The smallest absolute Gasteiger partial charge is 0.123 e. The van der Waals surface area contributed by atoms with E-state index in [2.05, 4.69) is 0 Å². The number of aryl methyl sites for hydroxylation is 1. The van der Waals surface area contributed by atoms with Crippen LogP contribution in [0.1, 0.15) is 25.3 Å². The topological polar surface area (TPSA) is 49.7 Å². The first kappa shape index (κ1) is 13.3. The van der Waals surface area contributed by atoms with Crippen LogP contribution in [0.4, 0.5) is 4.39 Å². The average molecular weight is 254 g/mol. The van der Waals surface area contributed by atoms with Crippen LogP contribution in [0.15, 0.2) is 18.2 Å². The van der Waals surface area contributed by atoms with Gasteiger partial charge in [0, 0.05) is 12.5 Å². The average Bonchev–Trinajstić information content (AvgIpc) is 2.37. The van der Waals surface area contributed by atoms with Crippen LogP contribution in [0.2, 0.25) is 0 Å². The van der Waals surface area contributed by atoms with Crippen LogP contribution in [0, 0.1) is 11.7 Å². The molecule has 1 aliphatic heterocycles. The Balaban J connectivity index is 2.05. The van der Waals surface area contributed by atoms with Crippen molar-refractivity contribution >= 4 is 0 Å². The van der Waals surface area contributed by atoms with Crippen molar-refractivity contribution in [3.05, 3.63) is 29.6 Å². The number of hydrogen-bond acceptors (Lipinski definition) is 3. The molecule has 1 aromatic rings. The number of rotatable bonds is 4. The van der Waals surface area contributed by atoms with Crippen LogP contribution in [0.25, 0.3) is 0 Å². The molecular weight excluding hydrogens is 235 g/mol. The van der Waals surface area contributed by atoms with Crippen LogP contribution < -0.4 is 4.74 Å². The molecule has 1 aromatic carbocycles. The fourth-order valence-electron chi connectivity index (χ4n) is 2.39. The summed E-state index contributed by atoms with van der Waals surface area (Å²) in [6.45, 7) is 1.89. The zero-order valence-corrected chi connectivity index (χ0v) is 10.5. The number of benzene rings is 1. The first-order valence-corrected chi connectivity index (χ1v) is 6.36. The largest absolute Gasteiger partial charge is 0.490 e. The Morgan fingerprint density at radius 2 is 2.28 bits per heavy atom. The minimum atomic E-state index is -0.568. The lowest BCUT2D eigenvalue weighted by atomic mass is 9.89. The molecule has 0 spiro atoms. The minimum Gasteiger partial charge on any atom is -0.490 e. The van der Waals surface area contributed by atoms with Gasteiger partial charge in [-0.1, -0.05) is 6.92 Å². The van der Waals surface area contributed by atoms with Gasteiger partial charge in [-0.3, -0.25) is 0 Å². The van der Waals surface area contributed by atoms with E-state index in [1.165, 1.54) is 12.1 Å². The Hall–Kier alpha value is -1.13. The second kappa shape index (κ2) is 5.67. The number of halogens is 1. The third kappa shape index (κ3) is 2.82. The number of aliphatic hydroxyl groups excluding tert-OH is 2. The van der Waals surface area contributed by atoms with E-state index < -0.39 is 6.10 Å². The molecule has 0 amide bonds. The summed E-state index contributed by atoms with van der Waals surface area (Å²) in [6.07, 6.45) is 1.23. The van der Waals surface area contributed by atoms with E-state index in [9.17, 15) is 9.50 Å². The maximum atomic E-state index is 13.1. The predicted octanol–water partition coefficient (Wildman–Crippen LogP) is 1.90. The van der Waals surface area contributed by atoms with Crippen LogP contribution in [-0.2, 0) is 6.42 Å². The number of aliphatic hydroxyl groups is 2. The molecule has 2 N–H and O–H groups in total. The van der Waals surface area contributed by atoms with Gasteiger partial charge in [-0.15, -0.1) is 0 Å². The molecule has 1 unspecified atom stereocenters. The molecule has 0 saturated carbocycles. The van der Waals surface area contributed by atoms with E-state index in [0.717, 1.165) is 18.4 Å². The molecular formula is C14H19FO3. The van der Waals surface area contributed by atoms with Crippen LogP contribution in [0.5, 0.6) is 5.75 Å². The van der Waals surface area contributed by atoms with Gasteiger partial charge in [0.15, 0.2) is 0 Å². The van der Waals surface area contributed by atoms with Crippen molar-refractivity contribution in [1.29, 1.82) is 0 Å². The number of hydrogen-bond donors (Lipinski definition) is 2. The van der Waals surface area contributed by atoms with E-state index in [1.54, 1.807) is 6.07 Å². The fraction of sp³-hybridized carbons (Fsp3) is 0.571. The van der Waals surface area contributed by atoms with Gasteiger partial charge < -0.3 is 14.9 Å². The molecule has 0 fully saturated rings. The maximum absolute atomic E-state index is 13.1. The van der Waals surface area contributed by atoms with Crippen molar-refractivity contribution in [1.82, 2.24) is 0 Å². The zero-order chi connectivity index (χ0) is 13.1. The molecule has 4 heteroatoms. The summed E-state index contributed by atoms with van der Waals surface area (Å²) < 4.78 is 18.9. The first-order chi connectivity index (χ1) is 8.61. The molecule has 0 aliphatic carbocycles. The van der Waals surface area contributed by atoms with Gasteiger partial charge in [-0.05, 0) is 43.0 Å². The number of fused-ring (bicyclic) bond motifs is 1. The molecule has 2 rings (SSSR count). The van der Waals surface area contributed by atoms with Crippen LogP contribution in [-0.4, -0.2) is 29.0 Å². The van der Waals surface area contributed by atoms with Gasteiger partial charge in [0.05, 0.1) is 6.10 Å². The highest BCUT2D eigenvalue weighted by molar-refractivity contribution is 5.35. The summed E-state index contributed by atoms with van der Waals surface area (Å²) in [7, 11) is 0. The summed E-state index contributed by atoms with van der Waals surface area (Å²) in [6, 6.07) is 4.53. The molecule has 0 radical (unpaired) electrons. The zero-order valence-electron chi connectivity index (χ0n) is 10.5. The molecule has 0 bridgehead atoms. The van der Waals surface area contributed by atoms with Crippen LogP contribution in [0.3, 0.4) is 0 Å². The summed E-state index contributed by atoms with van der Waals surface area (Å²) in [4.78, 5) is 0. The lowest BCUT2D eigenvalue weighted by molar-refractivity contribution is 0.0130. The van der Waals surface area contributed by atoms with E-state index in [0.29, 0.717) is 12.2 Å². The van der Waals surface area contributed by atoms with E-state index >= 15 is 0 Å². The Kier molecular flexibility index (Phi) is 4.19. The maximum Gasteiger partial charge on any atom is 0.123 e. The predicted molar refractivity (Wildman–Crippen MR) is 66.0 cm³/mol. The summed E-state index contributed by atoms with van der Waals surface area (Å²) in [5.74, 6) is 0.412. The van der Waals surface area contributed by atoms with Crippen molar-refractivity contribution in [3.8, 4) is 5.75 Å². The van der Waals surface area contributed by atoms with Gasteiger partial charge in [0.1, 0.15) is 17.7 Å². The molecule has 3 nitrogen and oxygen atoms in total. The SMILES string of the molecule is CC([C@@H](O)CCO)[C@H]1CCc2cc(F)ccc2O1. The van der Waals surface area contributed by atoms with E-state index in [-0.39, 0.29) is 24.4 Å². The monoisotopic (exact) mass is 254 g/mol. The van der Waals surface area contributed by atoms with E-state index in [1.807, 2.05) is 6.92 Å². The molecule has 1 aliphatic rings. The molecule has 3 atom stereocenters. The molecule has 1 heterocycles. The highest BCUT2D eigenvalue weighted by atomic mass is 19.1. The minimum absolute atomic E-state index is 0.0278. The highest BCUT2D eigenvalue weighted by Crippen LogP contribution is 2.31. The van der Waals surface area contributed by atoms with E-state index in [4.69, 9.17) is 9.84 Å². The third-order valence-electron chi connectivity index (χ3n) is 3.62. The Morgan fingerprint density at radius 1 is 1.50 bits per heavy atom. The standard InChI is InChI=1S/C14H19FO3/c1-9(12(17)6-7-16)13-4-2-10-8-11(15)3-5-14(10)18-13/h3,5,8-9,12-13,16-17H,2,4,6-7H2,1H3/t9?,12-,13+/m0/s1. The van der Waals surface area contributed by atoms with Crippen molar-refractivity contribution < 1.29 is 19.3 Å². The molecule has 18 heavy (non-hydrogen) atoms. The van der Waals surface area contributed by atoms with Crippen molar-refractivity contribution in [2.24, 2.45) is 5.92 Å². The van der Waals surface area contributed by atoms with Gasteiger partial charge in [-0.2, -0.15) is 0 Å². The third-order valence-corrected chi connectivity index (χ3v) is 3.62. The summed E-state index contributed by atoms with van der Waals surface area (Å²) >= 11 is 0. The lowest BCUT2D eigenvalue weighted by Crippen LogP contribution is -2.36. The number of ether oxygens (including phenoxy) is 1. The molecule has 0 aromatic heterocycles.